The van der Waals surface area contributed by atoms with Gasteiger partial charge in [0.15, 0.2) is 5.78 Å². The minimum absolute atomic E-state index is 0.125. The highest BCUT2D eigenvalue weighted by Crippen LogP contribution is 2.16. The van der Waals surface area contributed by atoms with Crippen LogP contribution in [0, 0.1) is 0 Å². The van der Waals surface area contributed by atoms with Crippen molar-refractivity contribution < 1.29 is 4.79 Å². The van der Waals surface area contributed by atoms with E-state index in [-0.39, 0.29) is 5.78 Å². The zero-order valence-corrected chi connectivity index (χ0v) is 13.4. The fraction of sp³-hybridized carbons (Fsp3) is 0.235. The number of nitrogens with zero attached hydrogens (tertiary/aromatic N) is 1. The lowest BCUT2D eigenvalue weighted by Crippen LogP contribution is -2.25. The molecule has 0 spiro atoms. The van der Waals surface area contributed by atoms with Gasteiger partial charge < -0.3 is 4.90 Å². The molecule has 2 nitrogen and oxygen atoms in total. The molecule has 3 heteroatoms. The first-order chi connectivity index (χ1) is 9.60. The molecule has 0 radical (unpaired) electrons. The van der Waals surface area contributed by atoms with Crippen LogP contribution in [0.3, 0.4) is 0 Å². The van der Waals surface area contributed by atoms with Crippen LogP contribution in [-0.2, 0) is 6.42 Å². The Morgan fingerprint density at radius 2 is 1.65 bits per heavy atom. The monoisotopic (exact) mass is 331 g/mol. The topological polar surface area (TPSA) is 20.3 Å². The van der Waals surface area contributed by atoms with E-state index >= 15 is 0 Å². The summed E-state index contributed by atoms with van der Waals surface area (Å²) in [5, 5.41) is 0. The summed E-state index contributed by atoms with van der Waals surface area (Å²) in [4.78, 5) is 14.2. The van der Waals surface area contributed by atoms with Crippen LogP contribution in [0.1, 0.15) is 22.8 Å². The Kier molecular flexibility index (Phi) is 4.96. The Morgan fingerprint density at radius 1 is 1.05 bits per heavy atom. The van der Waals surface area contributed by atoms with Gasteiger partial charge in [-0.05, 0) is 36.2 Å². The maximum Gasteiger partial charge on any atom is 0.182 e. The van der Waals surface area contributed by atoms with E-state index in [0.717, 1.165) is 22.1 Å². The Bertz CT molecular complexity index is 575. The number of Topliss-reactive ketones (excluding diaryl/α,β-unsaturated/α-hetero) is 1. The highest BCUT2D eigenvalue weighted by Gasteiger charge is 2.09. The Morgan fingerprint density at radius 3 is 2.20 bits per heavy atom. The molecule has 0 bridgehead atoms. The van der Waals surface area contributed by atoms with Gasteiger partial charge >= 0.3 is 0 Å². The molecule has 0 aromatic heterocycles. The summed E-state index contributed by atoms with van der Waals surface area (Å²) in [6, 6.07) is 15.8. The number of halogens is 1. The second kappa shape index (κ2) is 6.71. The number of likely N-dealkylation sites (N-methyl/N-ethyl adjacent to an activating group) is 1. The van der Waals surface area contributed by atoms with Crippen LogP contribution in [0.4, 0.5) is 5.69 Å². The van der Waals surface area contributed by atoms with Crippen molar-refractivity contribution in [3.8, 4) is 0 Å². The zero-order valence-electron chi connectivity index (χ0n) is 11.8. The number of ketones is 1. The number of carbonyl (C=O) groups excluding carboxylic acids is 1. The van der Waals surface area contributed by atoms with Crippen LogP contribution < -0.4 is 4.90 Å². The molecule has 0 unspecified atom stereocenters. The van der Waals surface area contributed by atoms with Crippen molar-refractivity contribution >= 4 is 27.4 Å². The lowest BCUT2D eigenvalue weighted by atomic mass is 10.1. The van der Waals surface area contributed by atoms with E-state index in [9.17, 15) is 4.79 Å². The summed E-state index contributed by atoms with van der Waals surface area (Å²) in [5.41, 5.74) is 3.11. The van der Waals surface area contributed by atoms with Crippen molar-refractivity contribution in [3.63, 3.8) is 0 Å². The maximum absolute atomic E-state index is 12.2. The molecule has 2 rings (SSSR count). The van der Waals surface area contributed by atoms with Gasteiger partial charge in [-0.2, -0.15) is 0 Å². The number of carbonyl (C=O) groups is 1. The first-order valence-electron chi connectivity index (χ1n) is 6.69. The molecule has 0 aliphatic carbocycles. The summed E-state index contributed by atoms with van der Waals surface area (Å²) in [7, 11) is 1.94. The molecule has 0 amide bonds. The maximum atomic E-state index is 12.2. The van der Waals surface area contributed by atoms with E-state index in [1.807, 2.05) is 36.2 Å². The molecule has 0 N–H and O–H groups in total. The van der Waals surface area contributed by atoms with Crippen LogP contribution in [-0.4, -0.2) is 19.4 Å². The van der Waals surface area contributed by atoms with Crippen LogP contribution in [0.25, 0.3) is 0 Å². The predicted molar refractivity (Wildman–Crippen MR) is 87.6 cm³/mol. The molecule has 0 saturated carbocycles. The standard InChI is InChI=1S/C17H18BrNO/c1-3-13-4-10-16(11-5-13)19(2)12-17(20)14-6-8-15(18)9-7-14/h4-11H,3,12H2,1-2H3. The molecule has 2 aromatic rings. The molecular weight excluding hydrogens is 314 g/mol. The fourth-order valence-corrected chi connectivity index (χ4v) is 2.28. The van der Waals surface area contributed by atoms with E-state index in [0.29, 0.717) is 6.54 Å². The summed E-state index contributed by atoms with van der Waals surface area (Å²) in [6.45, 7) is 2.52. The van der Waals surface area contributed by atoms with Crippen molar-refractivity contribution in [1.82, 2.24) is 0 Å². The van der Waals surface area contributed by atoms with Crippen molar-refractivity contribution in [1.29, 1.82) is 0 Å². The van der Waals surface area contributed by atoms with Gasteiger partial charge in [0, 0.05) is 22.8 Å². The minimum Gasteiger partial charge on any atom is -0.367 e. The van der Waals surface area contributed by atoms with Crippen LogP contribution >= 0.6 is 15.9 Å². The van der Waals surface area contributed by atoms with Gasteiger partial charge in [-0.3, -0.25) is 4.79 Å². The van der Waals surface area contributed by atoms with Crippen LogP contribution in [0.2, 0.25) is 0 Å². The van der Waals surface area contributed by atoms with Gasteiger partial charge in [0.05, 0.1) is 6.54 Å². The highest BCUT2D eigenvalue weighted by atomic mass is 79.9. The van der Waals surface area contributed by atoms with Crippen LogP contribution in [0.15, 0.2) is 53.0 Å². The molecule has 0 atom stereocenters. The van der Waals surface area contributed by atoms with Gasteiger partial charge in [0.2, 0.25) is 0 Å². The second-order valence-electron chi connectivity index (χ2n) is 4.81. The summed E-state index contributed by atoms with van der Waals surface area (Å²) < 4.78 is 0.984. The number of rotatable bonds is 5. The predicted octanol–water partition coefficient (Wildman–Crippen LogP) is 4.33. The Labute approximate surface area is 128 Å². The normalized spacial score (nSPS) is 10.3. The van der Waals surface area contributed by atoms with E-state index < -0.39 is 0 Å². The third-order valence-electron chi connectivity index (χ3n) is 3.33. The third-order valence-corrected chi connectivity index (χ3v) is 3.86. The molecule has 0 aliphatic rings. The molecule has 0 fully saturated rings. The van der Waals surface area contributed by atoms with E-state index in [1.165, 1.54) is 5.56 Å². The number of hydrogen-bond donors (Lipinski definition) is 0. The molecule has 0 aliphatic heterocycles. The number of benzene rings is 2. The Balaban J connectivity index is 2.04. The first kappa shape index (κ1) is 14.8. The summed E-state index contributed by atoms with van der Waals surface area (Å²) in [5.74, 6) is 0.125. The molecule has 104 valence electrons. The number of hydrogen-bond acceptors (Lipinski definition) is 2. The number of anilines is 1. The van der Waals surface area contributed by atoms with Crippen LogP contribution in [0.5, 0.6) is 0 Å². The molecule has 2 aromatic carbocycles. The summed E-state index contributed by atoms with van der Waals surface area (Å²) >= 11 is 3.37. The molecular formula is C17H18BrNO. The lowest BCUT2D eigenvalue weighted by molar-refractivity contribution is 0.100. The first-order valence-corrected chi connectivity index (χ1v) is 7.48. The average Bonchev–Trinajstić information content (AvgIpc) is 2.48. The molecule has 0 saturated heterocycles. The smallest absolute Gasteiger partial charge is 0.182 e. The van der Waals surface area contributed by atoms with E-state index in [4.69, 9.17) is 0 Å². The fourth-order valence-electron chi connectivity index (χ4n) is 2.02. The SMILES string of the molecule is CCc1ccc(N(C)CC(=O)c2ccc(Br)cc2)cc1. The van der Waals surface area contributed by atoms with E-state index in [2.05, 4.69) is 47.1 Å². The van der Waals surface area contributed by atoms with Crippen molar-refractivity contribution in [2.45, 2.75) is 13.3 Å². The molecule has 20 heavy (non-hydrogen) atoms. The molecule has 0 heterocycles. The average molecular weight is 332 g/mol. The zero-order chi connectivity index (χ0) is 14.5. The lowest BCUT2D eigenvalue weighted by Gasteiger charge is -2.18. The van der Waals surface area contributed by atoms with Crippen molar-refractivity contribution in [3.05, 3.63) is 64.1 Å². The van der Waals surface area contributed by atoms with Gasteiger partial charge in [-0.1, -0.05) is 47.1 Å². The van der Waals surface area contributed by atoms with E-state index in [1.54, 1.807) is 0 Å². The largest absolute Gasteiger partial charge is 0.367 e. The van der Waals surface area contributed by atoms with Gasteiger partial charge in [-0.25, -0.2) is 0 Å². The van der Waals surface area contributed by atoms with Gasteiger partial charge in [0.1, 0.15) is 0 Å². The number of aryl methyl sites for hydroxylation is 1. The Hall–Kier alpha value is -1.61. The van der Waals surface area contributed by atoms with Gasteiger partial charge in [-0.15, -0.1) is 0 Å². The van der Waals surface area contributed by atoms with Gasteiger partial charge in [0.25, 0.3) is 0 Å². The van der Waals surface area contributed by atoms with Crippen molar-refractivity contribution in [2.75, 3.05) is 18.5 Å². The minimum atomic E-state index is 0.125. The quantitative estimate of drug-likeness (QED) is 0.760. The highest BCUT2D eigenvalue weighted by molar-refractivity contribution is 9.10. The third kappa shape index (κ3) is 3.70. The summed E-state index contributed by atoms with van der Waals surface area (Å²) in [6.07, 6.45) is 1.03. The van der Waals surface area contributed by atoms with Crippen molar-refractivity contribution in [2.24, 2.45) is 0 Å². The second-order valence-corrected chi connectivity index (χ2v) is 5.72.